The van der Waals surface area contributed by atoms with Gasteiger partial charge in [0, 0.05) is 23.4 Å². The van der Waals surface area contributed by atoms with Gasteiger partial charge in [0.2, 0.25) is 0 Å². The van der Waals surface area contributed by atoms with Crippen LogP contribution in [0.1, 0.15) is 29.7 Å². The fourth-order valence-electron chi connectivity index (χ4n) is 1.61. The number of aliphatic hydroxyl groups is 1. The Morgan fingerprint density at radius 3 is 2.81 bits per heavy atom. The van der Waals surface area contributed by atoms with Gasteiger partial charge in [-0.3, -0.25) is 14.6 Å². The molecule has 21 heavy (non-hydrogen) atoms. The van der Waals surface area contributed by atoms with Gasteiger partial charge in [-0.25, -0.2) is 5.43 Å². The summed E-state index contributed by atoms with van der Waals surface area (Å²) >= 11 is 0. The molecule has 1 heterocycles. The number of nitrogens with zero attached hydrogens (tertiary/aromatic N) is 2. The molecule has 1 fully saturated rings. The molecule has 1 aliphatic rings. The van der Waals surface area contributed by atoms with E-state index < -0.39 is 11.8 Å². The highest BCUT2D eigenvalue weighted by atomic mass is 16.3. The standard InChI is InChI=1S/C13H16N4O4/c1-7-11(19)10(8(6-18)4-14-7)5-15-17-13(21)12(20)16-9-2-3-9/h4-5,9,18-19H,2-3,6H2,1H3,(H,16,20)(H,17,21)/b15-5+. The maximum absolute atomic E-state index is 11.4. The van der Waals surface area contributed by atoms with Gasteiger partial charge in [-0.2, -0.15) is 5.10 Å². The zero-order valence-electron chi connectivity index (χ0n) is 11.5. The van der Waals surface area contributed by atoms with E-state index in [1.807, 2.05) is 0 Å². The van der Waals surface area contributed by atoms with E-state index in [1.165, 1.54) is 6.20 Å². The lowest BCUT2D eigenvalue weighted by Gasteiger charge is -2.07. The van der Waals surface area contributed by atoms with Gasteiger partial charge in [-0.1, -0.05) is 0 Å². The summed E-state index contributed by atoms with van der Waals surface area (Å²) in [5, 5.41) is 25.2. The second kappa shape index (κ2) is 6.31. The summed E-state index contributed by atoms with van der Waals surface area (Å²) in [4.78, 5) is 26.7. The van der Waals surface area contributed by atoms with Crippen LogP contribution >= 0.6 is 0 Å². The van der Waals surface area contributed by atoms with Crippen LogP contribution in [0.15, 0.2) is 11.3 Å². The van der Waals surface area contributed by atoms with Crippen molar-refractivity contribution in [3.8, 4) is 5.75 Å². The van der Waals surface area contributed by atoms with Gasteiger partial charge in [0.1, 0.15) is 5.75 Å². The Morgan fingerprint density at radius 1 is 1.48 bits per heavy atom. The van der Waals surface area contributed by atoms with Crippen LogP contribution in [0.5, 0.6) is 5.75 Å². The molecule has 2 amide bonds. The smallest absolute Gasteiger partial charge is 0.329 e. The molecular formula is C13H16N4O4. The topological polar surface area (TPSA) is 124 Å². The SMILES string of the molecule is Cc1ncc(CO)c(/C=N/NC(=O)C(=O)NC2CC2)c1O. The number of aromatic nitrogens is 1. The van der Waals surface area contributed by atoms with Crippen LogP contribution in [0.3, 0.4) is 0 Å². The molecule has 1 saturated carbocycles. The number of aliphatic hydroxyl groups excluding tert-OH is 1. The van der Waals surface area contributed by atoms with E-state index in [2.05, 4.69) is 20.8 Å². The van der Waals surface area contributed by atoms with Crippen molar-refractivity contribution in [2.24, 2.45) is 5.10 Å². The predicted molar refractivity (Wildman–Crippen MR) is 73.5 cm³/mol. The fourth-order valence-corrected chi connectivity index (χ4v) is 1.61. The summed E-state index contributed by atoms with van der Waals surface area (Å²) in [6.07, 6.45) is 4.33. The van der Waals surface area contributed by atoms with E-state index >= 15 is 0 Å². The van der Waals surface area contributed by atoms with Crippen molar-refractivity contribution in [2.75, 3.05) is 0 Å². The molecule has 4 N–H and O–H groups in total. The van der Waals surface area contributed by atoms with Gasteiger partial charge in [0.25, 0.3) is 0 Å². The molecule has 0 bridgehead atoms. The molecule has 0 aliphatic heterocycles. The normalized spacial score (nSPS) is 14.2. The Hall–Kier alpha value is -2.48. The third kappa shape index (κ3) is 3.76. The molecule has 0 unspecified atom stereocenters. The summed E-state index contributed by atoms with van der Waals surface area (Å²) in [7, 11) is 0. The Bertz CT molecular complexity index is 596. The maximum atomic E-state index is 11.4. The summed E-state index contributed by atoms with van der Waals surface area (Å²) in [6.45, 7) is 1.26. The number of hydrogen-bond donors (Lipinski definition) is 4. The van der Waals surface area contributed by atoms with Crippen LogP contribution in [0.25, 0.3) is 0 Å². The minimum atomic E-state index is -0.881. The number of nitrogens with one attached hydrogen (secondary N) is 2. The van der Waals surface area contributed by atoms with Crippen molar-refractivity contribution in [2.45, 2.75) is 32.4 Å². The third-order valence-electron chi connectivity index (χ3n) is 3.01. The van der Waals surface area contributed by atoms with Crippen molar-refractivity contribution in [3.05, 3.63) is 23.0 Å². The first kappa shape index (κ1) is 14.9. The van der Waals surface area contributed by atoms with Gasteiger partial charge in [-0.05, 0) is 19.8 Å². The number of pyridine rings is 1. The molecule has 0 aromatic carbocycles. The van der Waals surface area contributed by atoms with E-state index in [1.54, 1.807) is 6.92 Å². The van der Waals surface area contributed by atoms with E-state index in [-0.39, 0.29) is 24.0 Å². The lowest BCUT2D eigenvalue weighted by Crippen LogP contribution is -2.38. The summed E-state index contributed by atoms with van der Waals surface area (Å²) in [5.41, 5.74) is 3.04. The van der Waals surface area contributed by atoms with Crippen molar-refractivity contribution in [1.29, 1.82) is 0 Å². The average molecular weight is 292 g/mol. The van der Waals surface area contributed by atoms with Crippen molar-refractivity contribution in [1.82, 2.24) is 15.7 Å². The van der Waals surface area contributed by atoms with Crippen molar-refractivity contribution in [3.63, 3.8) is 0 Å². The minimum absolute atomic E-state index is 0.0834. The number of carbonyl (C=O) groups excluding carboxylic acids is 2. The van der Waals surface area contributed by atoms with Crippen LogP contribution in [0, 0.1) is 6.92 Å². The Morgan fingerprint density at radius 2 is 2.19 bits per heavy atom. The van der Waals surface area contributed by atoms with Gasteiger partial charge in [-0.15, -0.1) is 0 Å². The zero-order chi connectivity index (χ0) is 15.4. The van der Waals surface area contributed by atoms with Crippen LogP contribution in [0.2, 0.25) is 0 Å². The first-order valence-electron chi connectivity index (χ1n) is 6.45. The number of aryl methyl sites for hydroxylation is 1. The second-order valence-corrected chi connectivity index (χ2v) is 4.74. The van der Waals surface area contributed by atoms with Crippen LogP contribution in [0.4, 0.5) is 0 Å². The monoisotopic (exact) mass is 292 g/mol. The van der Waals surface area contributed by atoms with E-state index in [4.69, 9.17) is 0 Å². The highest BCUT2D eigenvalue weighted by molar-refractivity contribution is 6.35. The summed E-state index contributed by atoms with van der Waals surface area (Å²) in [5.74, 6) is -1.76. The van der Waals surface area contributed by atoms with Gasteiger partial charge in [0.15, 0.2) is 0 Å². The Balaban J connectivity index is 2.02. The molecule has 112 valence electrons. The lowest BCUT2D eigenvalue weighted by atomic mass is 10.1. The molecule has 0 radical (unpaired) electrons. The fraction of sp³-hybridized carbons (Fsp3) is 0.385. The zero-order valence-corrected chi connectivity index (χ0v) is 11.5. The molecule has 0 spiro atoms. The number of hydrogen-bond acceptors (Lipinski definition) is 6. The Kier molecular flexibility index (Phi) is 4.49. The highest BCUT2D eigenvalue weighted by Crippen LogP contribution is 2.21. The molecular weight excluding hydrogens is 276 g/mol. The van der Waals surface area contributed by atoms with Crippen LogP contribution in [-0.2, 0) is 16.2 Å². The third-order valence-corrected chi connectivity index (χ3v) is 3.01. The van der Waals surface area contributed by atoms with E-state index in [0.29, 0.717) is 11.3 Å². The number of carbonyl (C=O) groups is 2. The van der Waals surface area contributed by atoms with Crippen molar-refractivity contribution >= 4 is 18.0 Å². The molecule has 1 aromatic heterocycles. The quantitative estimate of drug-likeness (QED) is 0.332. The van der Waals surface area contributed by atoms with Crippen LogP contribution < -0.4 is 10.7 Å². The number of amides is 2. The molecule has 1 aliphatic carbocycles. The first-order chi connectivity index (χ1) is 10.0. The predicted octanol–water partition coefficient (Wildman–Crippen LogP) is -0.683. The average Bonchev–Trinajstić information content (AvgIpc) is 3.27. The molecule has 0 saturated heterocycles. The minimum Gasteiger partial charge on any atom is -0.505 e. The largest absolute Gasteiger partial charge is 0.505 e. The number of aromatic hydroxyl groups is 1. The summed E-state index contributed by atoms with van der Waals surface area (Å²) in [6, 6.07) is 0.0834. The van der Waals surface area contributed by atoms with Gasteiger partial charge in [0.05, 0.1) is 18.5 Å². The maximum Gasteiger partial charge on any atom is 0.329 e. The molecule has 8 heteroatoms. The van der Waals surface area contributed by atoms with E-state index in [0.717, 1.165) is 19.1 Å². The van der Waals surface area contributed by atoms with Crippen molar-refractivity contribution < 1.29 is 19.8 Å². The molecule has 2 rings (SSSR count). The molecule has 0 atom stereocenters. The molecule has 1 aromatic rings. The second-order valence-electron chi connectivity index (χ2n) is 4.74. The summed E-state index contributed by atoms with van der Waals surface area (Å²) < 4.78 is 0. The Labute approximate surface area is 120 Å². The number of hydrazone groups is 1. The number of rotatable bonds is 4. The highest BCUT2D eigenvalue weighted by Gasteiger charge is 2.26. The lowest BCUT2D eigenvalue weighted by molar-refractivity contribution is -0.139. The van der Waals surface area contributed by atoms with Gasteiger partial charge >= 0.3 is 11.8 Å². The molecule has 8 nitrogen and oxygen atoms in total. The first-order valence-corrected chi connectivity index (χ1v) is 6.45. The van der Waals surface area contributed by atoms with Crippen LogP contribution in [-0.4, -0.2) is 39.3 Å². The van der Waals surface area contributed by atoms with E-state index in [9.17, 15) is 19.8 Å². The van der Waals surface area contributed by atoms with Gasteiger partial charge < -0.3 is 15.5 Å².